The average molecular weight is 349 g/mol. The molecule has 0 saturated carbocycles. The number of hydrogen-bond donors (Lipinski definition) is 1. The summed E-state index contributed by atoms with van der Waals surface area (Å²) < 4.78 is 37.6. The molecule has 0 unspecified atom stereocenters. The van der Waals surface area contributed by atoms with Gasteiger partial charge in [0, 0.05) is 3.57 Å². The molecular formula is C8H4ClF3INO. The highest BCUT2D eigenvalue weighted by atomic mass is 127. The number of hydrogen-bond acceptors (Lipinski definition) is 1. The zero-order valence-electron chi connectivity index (χ0n) is 7.03. The second kappa shape index (κ2) is 4.56. The van der Waals surface area contributed by atoms with Gasteiger partial charge in [-0.25, -0.2) is 0 Å². The van der Waals surface area contributed by atoms with E-state index >= 15 is 0 Å². The van der Waals surface area contributed by atoms with Crippen LogP contribution in [0.5, 0.6) is 0 Å². The van der Waals surface area contributed by atoms with Crippen LogP contribution in [0.4, 0.5) is 18.9 Å². The number of halogens is 5. The first kappa shape index (κ1) is 12.6. The van der Waals surface area contributed by atoms with E-state index in [1.54, 1.807) is 22.6 Å². The second-order valence-corrected chi connectivity index (χ2v) is 4.14. The third-order valence-corrected chi connectivity index (χ3v) is 2.78. The Balaban J connectivity index is 3.29. The normalized spacial score (nSPS) is 11.3. The number of benzene rings is 1. The molecule has 0 aliphatic carbocycles. The van der Waals surface area contributed by atoms with Crippen LogP contribution in [0.15, 0.2) is 12.1 Å². The number of alkyl halides is 3. The summed E-state index contributed by atoms with van der Waals surface area (Å²) in [5.74, 6) is 0. The van der Waals surface area contributed by atoms with E-state index in [-0.39, 0.29) is 10.7 Å². The van der Waals surface area contributed by atoms with Crippen molar-refractivity contribution in [2.75, 3.05) is 5.32 Å². The van der Waals surface area contributed by atoms with E-state index in [4.69, 9.17) is 11.6 Å². The van der Waals surface area contributed by atoms with Crippen LogP contribution in [0.3, 0.4) is 0 Å². The lowest BCUT2D eigenvalue weighted by molar-refractivity contribution is -0.137. The van der Waals surface area contributed by atoms with Crippen LogP contribution >= 0.6 is 34.2 Å². The lowest BCUT2D eigenvalue weighted by Crippen LogP contribution is -2.08. The van der Waals surface area contributed by atoms with Gasteiger partial charge in [0.15, 0.2) is 0 Å². The molecule has 0 bridgehead atoms. The molecule has 1 amide bonds. The van der Waals surface area contributed by atoms with Crippen molar-refractivity contribution >= 4 is 46.3 Å². The van der Waals surface area contributed by atoms with Crippen LogP contribution in [-0.4, -0.2) is 6.41 Å². The van der Waals surface area contributed by atoms with Gasteiger partial charge in [0.1, 0.15) is 0 Å². The van der Waals surface area contributed by atoms with Crippen LogP contribution in [-0.2, 0) is 11.0 Å². The highest BCUT2D eigenvalue weighted by Crippen LogP contribution is 2.37. The van der Waals surface area contributed by atoms with Crippen LogP contribution in [0.2, 0.25) is 5.02 Å². The van der Waals surface area contributed by atoms with E-state index in [9.17, 15) is 18.0 Å². The summed E-state index contributed by atoms with van der Waals surface area (Å²) in [5.41, 5.74) is -0.878. The number of amides is 1. The van der Waals surface area contributed by atoms with Crippen molar-refractivity contribution < 1.29 is 18.0 Å². The highest BCUT2D eigenvalue weighted by Gasteiger charge is 2.33. The SMILES string of the molecule is O=CNc1cc(C(F)(F)F)c(Cl)cc1I. The molecule has 0 aromatic heterocycles. The lowest BCUT2D eigenvalue weighted by Gasteiger charge is -2.11. The first-order chi connectivity index (χ1) is 6.86. The van der Waals surface area contributed by atoms with Gasteiger partial charge in [-0.05, 0) is 34.7 Å². The molecular weight excluding hydrogens is 345 g/mol. The minimum absolute atomic E-state index is 0.0855. The van der Waals surface area contributed by atoms with Gasteiger partial charge >= 0.3 is 6.18 Å². The Morgan fingerprint density at radius 1 is 1.40 bits per heavy atom. The van der Waals surface area contributed by atoms with Crippen molar-refractivity contribution in [3.63, 3.8) is 0 Å². The fourth-order valence-corrected chi connectivity index (χ4v) is 2.02. The summed E-state index contributed by atoms with van der Waals surface area (Å²) in [5, 5.41) is 1.78. The highest BCUT2D eigenvalue weighted by molar-refractivity contribution is 14.1. The monoisotopic (exact) mass is 349 g/mol. The lowest BCUT2D eigenvalue weighted by atomic mass is 10.2. The molecule has 0 aliphatic rings. The van der Waals surface area contributed by atoms with Crippen molar-refractivity contribution in [3.8, 4) is 0 Å². The van der Waals surface area contributed by atoms with Gasteiger partial charge in [-0.15, -0.1) is 0 Å². The molecule has 7 heteroatoms. The van der Waals surface area contributed by atoms with Gasteiger partial charge in [0.2, 0.25) is 6.41 Å². The molecule has 1 rings (SSSR count). The Morgan fingerprint density at radius 3 is 2.47 bits per heavy atom. The van der Waals surface area contributed by atoms with Gasteiger partial charge in [0.25, 0.3) is 0 Å². The quantitative estimate of drug-likeness (QED) is 0.642. The molecule has 15 heavy (non-hydrogen) atoms. The smallest absolute Gasteiger partial charge is 0.328 e. The fraction of sp³-hybridized carbons (Fsp3) is 0.125. The van der Waals surface area contributed by atoms with Crippen LogP contribution < -0.4 is 5.32 Å². The summed E-state index contributed by atoms with van der Waals surface area (Å²) in [6, 6.07) is 1.95. The van der Waals surface area contributed by atoms with E-state index < -0.39 is 11.7 Å². The van der Waals surface area contributed by atoms with E-state index in [2.05, 4.69) is 5.32 Å². The number of carbonyl (C=O) groups excluding carboxylic acids is 1. The first-order valence-electron chi connectivity index (χ1n) is 3.62. The van der Waals surface area contributed by atoms with E-state index in [1.165, 1.54) is 0 Å². The third-order valence-electron chi connectivity index (χ3n) is 1.58. The molecule has 0 radical (unpaired) electrons. The van der Waals surface area contributed by atoms with Crippen molar-refractivity contribution in [3.05, 3.63) is 26.3 Å². The maximum Gasteiger partial charge on any atom is 0.417 e. The number of anilines is 1. The topological polar surface area (TPSA) is 29.1 Å². The van der Waals surface area contributed by atoms with Crippen molar-refractivity contribution in [2.45, 2.75) is 6.18 Å². The van der Waals surface area contributed by atoms with Crippen molar-refractivity contribution in [1.82, 2.24) is 0 Å². The standard InChI is InChI=1S/C8H4ClF3INO/c9-5-2-6(13)7(14-3-15)1-4(5)8(10,11)12/h1-3H,(H,14,15). The van der Waals surface area contributed by atoms with Crippen molar-refractivity contribution in [2.24, 2.45) is 0 Å². The minimum atomic E-state index is -4.53. The van der Waals surface area contributed by atoms with Crippen molar-refractivity contribution in [1.29, 1.82) is 0 Å². The van der Waals surface area contributed by atoms with Gasteiger partial charge in [0.05, 0.1) is 16.3 Å². The molecule has 1 aromatic rings. The molecule has 0 spiro atoms. The summed E-state index contributed by atoms with van der Waals surface area (Å²) in [6.45, 7) is 0. The molecule has 0 atom stereocenters. The zero-order chi connectivity index (χ0) is 11.6. The Bertz CT molecular complexity index is 394. The minimum Gasteiger partial charge on any atom is -0.328 e. The van der Waals surface area contributed by atoms with Crippen LogP contribution in [0.25, 0.3) is 0 Å². The second-order valence-electron chi connectivity index (χ2n) is 2.57. The molecule has 0 fully saturated rings. The fourth-order valence-electron chi connectivity index (χ4n) is 0.940. The Labute approximate surface area is 102 Å². The summed E-state index contributed by atoms with van der Waals surface area (Å²) >= 11 is 7.23. The zero-order valence-corrected chi connectivity index (χ0v) is 9.94. The molecule has 82 valence electrons. The van der Waals surface area contributed by atoms with Gasteiger partial charge in [-0.2, -0.15) is 13.2 Å². The maximum absolute atomic E-state index is 12.4. The molecule has 2 nitrogen and oxygen atoms in total. The predicted octanol–water partition coefficient (Wildman–Crippen LogP) is 3.53. The maximum atomic E-state index is 12.4. The summed E-state index contributed by atoms with van der Waals surface area (Å²) in [7, 11) is 0. The Kier molecular flexibility index (Phi) is 3.82. The first-order valence-corrected chi connectivity index (χ1v) is 5.08. The summed E-state index contributed by atoms with van der Waals surface area (Å²) in [4.78, 5) is 10.1. The number of nitrogens with one attached hydrogen (secondary N) is 1. The molecule has 1 aromatic carbocycles. The van der Waals surface area contributed by atoms with E-state index in [0.717, 1.165) is 12.1 Å². The molecule has 0 saturated heterocycles. The van der Waals surface area contributed by atoms with Crippen LogP contribution in [0, 0.1) is 3.57 Å². The molecule has 0 heterocycles. The molecule has 1 N–H and O–H groups in total. The number of rotatable bonds is 2. The van der Waals surface area contributed by atoms with Gasteiger partial charge < -0.3 is 5.32 Å². The molecule has 0 aliphatic heterocycles. The van der Waals surface area contributed by atoms with Crippen LogP contribution in [0.1, 0.15) is 5.56 Å². The summed E-state index contributed by atoms with van der Waals surface area (Å²) in [6.07, 6.45) is -4.22. The van der Waals surface area contributed by atoms with Gasteiger partial charge in [-0.3, -0.25) is 4.79 Å². The average Bonchev–Trinajstić information content (AvgIpc) is 2.07. The predicted molar refractivity (Wildman–Crippen MR) is 58.9 cm³/mol. The van der Waals surface area contributed by atoms with Gasteiger partial charge in [-0.1, -0.05) is 11.6 Å². The third kappa shape index (κ3) is 2.97. The Hall–Kier alpha value is -0.500. The van der Waals surface area contributed by atoms with E-state index in [0.29, 0.717) is 9.98 Å². The number of carbonyl (C=O) groups is 1. The largest absolute Gasteiger partial charge is 0.417 e. The Morgan fingerprint density at radius 2 is 2.00 bits per heavy atom. The van der Waals surface area contributed by atoms with E-state index in [1.807, 2.05) is 0 Å².